The van der Waals surface area contributed by atoms with Crippen molar-refractivity contribution < 1.29 is 23.5 Å². The number of hydrogen-bond acceptors (Lipinski definition) is 6. The molecule has 0 bridgehead atoms. The highest BCUT2D eigenvalue weighted by Gasteiger charge is 2.35. The van der Waals surface area contributed by atoms with Crippen molar-refractivity contribution in [3.8, 4) is 11.5 Å². The molecule has 0 saturated carbocycles. The molecule has 1 fully saturated rings. The van der Waals surface area contributed by atoms with Crippen LogP contribution in [-0.2, 0) is 16.0 Å². The zero-order valence-electron chi connectivity index (χ0n) is 19.9. The summed E-state index contributed by atoms with van der Waals surface area (Å²) in [5.74, 6) is 0.571. The minimum Gasteiger partial charge on any atom is -0.497 e. The Morgan fingerprint density at radius 1 is 1.00 bits per heavy atom. The van der Waals surface area contributed by atoms with Gasteiger partial charge < -0.3 is 14.8 Å². The molecule has 3 aromatic carbocycles. The molecule has 1 saturated heterocycles. The Kier molecular flexibility index (Phi) is 8.22. The van der Waals surface area contributed by atoms with Gasteiger partial charge in [-0.1, -0.05) is 23.9 Å². The fraction of sp³-hybridized carbons (Fsp3) is 0.222. The smallest absolute Gasteiger partial charge is 0.238 e. The number of rotatable bonds is 8. The molecular weight excluding hydrogens is 481 g/mol. The van der Waals surface area contributed by atoms with Crippen LogP contribution in [-0.4, -0.2) is 47.9 Å². The predicted octanol–water partition coefficient (Wildman–Crippen LogP) is 5.05. The fourth-order valence-corrected chi connectivity index (χ4v) is 4.74. The Hall–Kier alpha value is -3.85. The first-order valence-electron chi connectivity index (χ1n) is 11.3. The lowest BCUT2D eigenvalue weighted by Gasteiger charge is -2.32. The summed E-state index contributed by atoms with van der Waals surface area (Å²) in [7, 11) is 3.18. The molecule has 2 amide bonds. The third kappa shape index (κ3) is 6.42. The average molecular weight is 508 g/mol. The zero-order chi connectivity index (χ0) is 25.5. The Labute approximate surface area is 213 Å². The van der Waals surface area contributed by atoms with Gasteiger partial charge in [-0.3, -0.25) is 14.5 Å². The average Bonchev–Trinajstić information content (AvgIpc) is 2.90. The van der Waals surface area contributed by atoms with Gasteiger partial charge in [0.2, 0.25) is 11.8 Å². The number of nitrogens with one attached hydrogen (secondary N) is 1. The predicted molar refractivity (Wildman–Crippen MR) is 140 cm³/mol. The molecule has 1 N–H and O–H groups in total. The number of amidine groups is 1. The van der Waals surface area contributed by atoms with Crippen LogP contribution in [0.5, 0.6) is 11.5 Å². The van der Waals surface area contributed by atoms with Crippen molar-refractivity contribution in [2.24, 2.45) is 4.99 Å². The molecule has 1 atom stereocenters. The second kappa shape index (κ2) is 11.7. The molecule has 1 aliphatic rings. The molecule has 1 aliphatic heterocycles. The Bertz CT molecular complexity index is 1230. The monoisotopic (exact) mass is 507 g/mol. The van der Waals surface area contributed by atoms with Crippen LogP contribution in [0.25, 0.3) is 0 Å². The first-order chi connectivity index (χ1) is 17.4. The number of carbonyl (C=O) groups excluding carboxylic acids is 2. The van der Waals surface area contributed by atoms with Crippen LogP contribution in [0.1, 0.15) is 12.0 Å². The molecule has 7 nitrogen and oxygen atoms in total. The summed E-state index contributed by atoms with van der Waals surface area (Å²) in [6.45, 7) is 0.394. The molecule has 36 heavy (non-hydrogen) atoms. The maximum Gasteiger partial charge on any atom is 0.238 e. The van der Waals surface area contributed by atoms with Crippen LogP contribution in [0, 0.1) is 5.82 Å². The van der Waals surface area contributed by atoms with E-state index in [1.54, 1.807) is 43.4 Å². The normalized spacial score (nSPS) is 16.6. The summed E-state index contributed by atoms with van der Waals surface area (Å²) in [6, 6.07) is 20.3. The van der Waals surface area contributed by atoms with Crippen LogP contribution < -0.4 is 14.8 Å². The highest BCUT2D eigenvalue weighted by atomic mass is 32.2. The largest absolute Gasteiger partial charge is 0.497 e. The standard InChI is InChI=1S/C27H26FN3O4S/c1-34-22-11-3-18(4-12-22)15-16-31-25(32)17-24(26(33)29-20-9-13-23(35-2)14-10-20)36-27(31)30-21-7-5-19(28)6-8-21/h3-14,24H,15-17H2,1-2H3,(H,29,33)/t24-/m0/s1. The number of carbonyl (C=O) groups is 2. The van der Waals surface area contributed by atoms with Crippen molar-refractivity contribution in [2.45, 2.75) is 18.1 Å². The first-order valence-corrected chi connectivity index (χ1v) is 12.2. The van der Waals surface area contributed by atoms with Gasteiger partial charge in [0.15, 0.2) is 5.17 Å². The maximum atomic E-state index is 13.4. The van der Waals surface area contributed by atoms with E-state index in [9.17, 15) is 14.0 Å². The van der Waals surface area contributed by atoms with E-state index in [-0.39, 0.29) is 24.1 Å². The number of benzene rings is 3. The van der Waals surface area contributed by atoms with Gasteiger partial charge >= 0.3 is 0 Å². The van der Waals surface area contributed by atoms with E-state index >= 15 is 0 Å². The third-order valence-corrected chi connectivity index (χ3v) is 6.81. The van der Waals surface area contributed by atoms with E-state index < -0.39 is 5.25 Å². The number of ether oxygens (including phenoxy) is 2. The Balaban J connectivity index is 1.52. The van der Waals surface area contributed by atoms with Crippen molar-refractivity contribution in [3.63, 3.8) is 0 Å². The van der Waals surface area contributed by atoms with Gasteiger partial charge in [0, 0.05) is 18.7 Å². The van der Waals surface area contributed by atoms with E-state index in [2.05, 4.69) is 10.3 Å². The van der Waals surface area contributed by atoms with Gasteiger partial charge in [0.05, 0.1) is 19.9 Å². The molecule has 4 rings (SSSR count). The highest BCUT2D eigenvalue weighted by Crippen LogP contribution is 2.30. The summed E-state index contributed by atoms with van der Waals surface area (Å²) in [6.07, 6.45) is 0.638. The van der Waals surface area contributed by atoms with Crippen molar-refractivity contribution in [3.05, 3.63) is 84.2 Å². The molecule has 0 unspecified atom stereocenters. The number of halogens is 1. The van der Waals surface area contributed by atoms with E-state index in [4.69, 9.17) is 9.47 Å². The molecule has 186 valence electrons. The zero-order valence-corrected chi connectivity index (χ0v) is 20.8. The number of hydrogen-bond donors (Lipinski definition) is 1. The quantitative estimate of drug-likeness (QED) is 0.462. The van der Waals surface area contributed by atoms with Crippen molar-refractivity contribution in [2.75, 3.05) is 26.1 Å². The number of nitrogens with zero attached hydrogens (tertiary/aromatic N) is 2. The van der Waals surface area contributed by atoms with Gasteiger partial charge in [-0.25, -0.2) is 9.38 Å². The van der Waals surface area contributed by atoms with Crippen LogP contribution >= 0.6 is 11.8 Å². The Morgan fingerprint density at radius 3 is 2.22 bits per heavy atom. The second-order valence-corrected chi connectivity index (χ2v) is 9.21. The minimum atomic E-state index is -0.656. The van der Waals surface area contributed by atoms with Crippen molar-refractivity contribution in [1.82, 2.24) is 4.90 Å². The Morgan fingerprint density at radius 2 is 1.61 bits per heavy atom. The molecule has 0 spiro atoms. The summed E-state index contributed by atoms with van der Waals surface area (Å²) in [5, 5.41) is 2.60. The summed E-state index contributed by atoms with van der Waals surface area (Å²) >= 11 is 1.22. The number of amides is 2. The van der Waals surface area contributed by atoms with Gasteiger partial charge in [-0.05, 0) is 72.6 Å². The molecule has 9 heteroatoms. The first kappa shape index (κ1) is 25.2. The van der Waals surface area contributed by atoms with E-state index in [1.807, 2.05) is 24.3 Å². The highest BCUT2D eigenvalue weighted by molar-refractivity contribution is 8.15. The molecular formula is C27H26FN3O4S. The second-order valence-electron chi connectivity index (χ2n) is 8.04. The number of anilines is 1. The van der Waals surface area contributed by atoms with Gasteiger partial charge in [0.1, 0.15) is 22.6 Å². The fourth-order valence-electron chi connectivity index (χ4n) is 3.62. The maximum absolute atomic E-state index is 13.4. The lowest BCUT2D eigenvalue weighted by Crippen LogP contribution is -2.46. The number of methoxy groups -OCH3 is 2. The SMILES string of the molecule is COc1ccc(CCN2C(=O)C[C@@H](C(=O)Nc3ccc(OC)cc3)SC2=Nc2ccc(F)cc2)cc1. The van der Waals surface area contributed by atoms with Crippen LogP contribution in [0.15, 0.2) is 77.8 Å². The minimum absolute atomic E-state index is 0.0394. The molecule has 0 radical (unpaired) electrons. The lowest BCUT2D eigenvalue weighted by molar-refractivity contribution is -0.129. The van der Waals surface area contributed by atoms with Crippen LogP contribution in [0.4, 0.5) is 15.8 Å². The van der Waals surface area contributed by atoms with Gasteiger partial charge in [-0.2, -0.15) is 0 Å². The summed E-state index contributed by atoms with van der Waals surface area (Å²) in [4.78, 5) is 32.4. The molecule has 0 aliphatic carbocycles. The topological polar surface area (TPSA) is 80.2 Å². The van der Waals surface area contributed by atoms with E-state index in [1.165, 1.54) is 36.0 Å². The van der Waals surface area contributed by atoms with Crippen LogP contribution in [0.3, 0.4) is 0 Å². The number of thioether (sulfide) groups is 1. The van der Waals surface area contributed by atoms with Gasteiger partial charge in [-0.15, -0.1) is 0 Å². The lowest BCUT2D eigenvalue weighted by atomic mass is 10.1. The number of aliphatic imine (C=N–C) groups is 1. The van der Waals surface area contributed by atoms with E-state index in [0.29, 0.717) is 35.3 Å². The van der Waals surface area contributed by atoms with Crippen molar-refractivity contribution in [1.29, 1.82) is 0 Å². The molecule has 1 heterocycles. The van der Waals surface area contributed by atoms with E-state index in [0.717, 1.165) is 11.3 Å². The third-order valence-electron chi connectivity index (χ3n) is 5.62. The summed E-state index contributed by atoms with van der Waals surface area (Å²) < 4.78 is 23.8. The molecule has 3 aromatic rings. The van der Waals surface area contributed by atoms with Crippen LogP contribution in [0.2, 0.25) is 0 Å². The van der Waals surface area contributed by atoms with Gasteiger partial charge in [0.25, 0.3) is 0 Å². The molecule has 0 aromatic heterocycles. The van der Waals surface area contributed by atoms with Crippen molar-refractivity contribution >= 4 is 40.1 Å². The summed E-state index contributed by atoms with van der Waals surface area (Å²) in [5.41, 5.74) is 2.14.